The van der Waals surface area contributed by atoms with Crippen molar-refractivity contribution in [1.82, 2.24) is 5.32 Å². The summed E-state index contributed by atoms with van der Waals surface area (Å²) < 4.78 is 0. The third kappa shape index (κ3) is 3.62. The molecule has 5 heteroatoms. The van der Waals surface area contributed by atoms with Gasteiger partial charge in [0.25, 0.3) is 0 Å². The molecule has 0 saturated heterocycles. The number of urea groups is 1. The third-order valence-electron chi connectivity index (χ3n) is 3.13. The zero-order valence-electron chi connectivity index (χ0n) is 10.0. The minimum Gasteiger partial charge on any atom is -0.391 e. The van der Waals surface area contributed by atoms with Gasteiger partial charge in [-0.05, 0) is 31.0 Å². The Morgan fingerprint density at radius 3 is 2.83 bits per heavy atom. The highest BCUT2D eigenvalue weighted by molar-refractivity contribution is 6.30. The summed E-state index contributed by atoms with van der Waals surface area (Å²) in [5, 5.41) is 15.8. The maximum atomic E-state index is 11.8. The summed E-state index contributed by atoms with van der Waals surface area (Å²) in [6.45, 7) is 0. The standard InChI is InChI=1S/C13H17ClN2O2/c14-9-4-3-5-10(8-9)15-13(18)16-11-6-1-2-7-12(11)17/h3-5,8,11-12,17H,1-2,6-7H2,(H2,15,16,18)/t11-,12+/m0/s1. The Hall–Kier alpha value is -1.26. The fourth-order valence-electron chi connectivity index (χ4n) is 2.18. The Labute approximate surface area is 111 Å². The number of benzene rings is 1. The lowest BCUT2D eigenvalue weighted by Gasteiger charge is -2.28. The van der Waals surface area contributed by atoms with E-state index in [0.29, 0.717) is 10.7 Å². The van der Waals surface area contributed by atoms with Gasteiger partial charge in [-0.25, -0.2) is 4.79 Å². The number of nitrogens with one attached hydrogen (secondary N) is 2. The molecule has 0 aromatic heterocycles. The molecule has 2 rings (SSSR count). The first-order chi connectivity index (χ1) is 8.65. The van der Waals surface area contributed by atoms with E-state index in [2.05, 4.69) is 10.6 Å². The predicted molar refractivity (Wildman–Crippen MR) is 71.9 cm³/mol. The van der Waals surface area contributed by atoms with E-state index in [1.165, 1.54) is 0 Å². The van der Waals surface area contributed by atoms with E-state index in [0.717, 1.165) is 25.7 Å². The zero-order valence-corrected chi connectivity index (χ0v) is 10.8. The quantitative estimate of drug-likeness (QED) is 0.772. The molecule has 1 saturated carbocycles. The summed E-state index contributed by atoms with van der Waals surface area (Å²) in [7, 11) is 0. The van der Waals surface area contributed by atoms with Crippen LogP contribution in [0.4, 0.5) is 10.5 Å². The number of halogens is 1. The summed E-state index contributed by atoms with van der Waals surface area (Å²) >= 11 is 5.83. The fraction of sp³-hybridized carbons (Fsp3) is 0.462. The molecule has 4 nitrogen and oxygen atoms in total. The van der Waals surface area contributed by atoms with Crippen LogP contribution in [0.5, 0.6) is 0 Å². The van der Waals surface area contributed by atoms with Crippen LogP contribution in [0.1, 0.15) is 25.7 Å². The number of aliphatic hydroxyl groups excluding tert-OH is 1. The number of anilines is 1. The SMILES string of the molecule is O=C(Nc1cccc(Cl)c1)N[C@H]1CCCC[C@H]1O. The lowest BCUT2D eigenvalue weighted by molar-refractivity contribution is 0.0955. The summed E-state index contributed by atoms with van der Waals surface area (Å²) in [6.07, 6.45) is 3.20. The van der Waals surface area contributed by atoms with Crippen molar-refractivity contribution in [3.63, 3.8) is 0 Å². The van der Waals surface area contributed by atoms with E-state index < -0.39 is 6.10 Å². The lowest BCUT2D eigenvalue weighted by atomic mass is 9.93. The number of carbonyl (C=O) groups is 1. The normalized spacial score (nSPS) is 23.4. The first-order valence-corrected chi connectivity index (χ1v) is 6.54. The van der Waals surface area contributed by atoms with Crippen LogP contribution >= 0.6 is 11.6 Å². The van der Waals surface area contributed by atoms with Gasteiger partial charge >= 0.3 is 6.03 Å². The maximum Gasteiger partial charge on any atom is 0.319 e. The average Bonchev–Trinajstić information content (AvgIpc) is 2.32. The topological polar surface area (TPSA) is 61.4 Å². The molecule has 98 valence electrons. The molecule has 1 aromatic carbocycles. The van der Waals surface area contributed by atoms with Gasteiger partial charge in [0.1, 0.15) is 0 Å². The van der Waals surface area contributed by atoms with Gasteiger partial charge in [0.2, 0.25) is 0 Å². The zero-order chi connectivity index (χ0) is 13.0. The minimum absolute atomic E-state index is 0.155. The first kappa shape index (κ1) is 13.2. The highest BCUT2D eigenvalue weighted by atomic mass is 35.5. The van der Waals surface area contributed by atoms with Crippen molar-refractivity contribution in [3.05, 3.63) is 29.3 Å². The number of hydrogen-bond donors (Lipinski definition) is 3. The Morgan fingerprint density at radius 1 is 1.33 bits per heavy atom. The number of rotatable bonds is 2. The Balaban J connectivity index is 1.88. The van der Waals surface area contributed by atoms with E-state index in [1.54, 1.807) is 24.3 Å². The largest absolute Gasteiger partial charge is 0.391 e. The summed E-state index contributed by atoms with van der Waals surface area (Å²) in [4.78, 5) is 11.8. The monoisotopic (exact) mass is 268 g/mol. The highest BCUT2D eigenvalue weighted by Gasteiger charge is 2.24. The fourth-order valence-corrected chi connectivity index (χ4v) is 2.37. The lowest BCUT2D eigenvalue weighted by Crippen LogP contribution is -2.46. The molecule has 1 aliphatic carbocycles. The molecule has 0 aliphatic heterocycles. The van der Waals surface area contributed by atoms with Gasteiger partial charge in [-0.15, -0.1) is 0 Å². The van der Waals surface area contributed by atoms with Gasteiger partial charge in [-0.3, -0.25) is 0 Å². The second-order valence-electron chi connectivity index (χ2n) is 4.57. The van der Waals surface area contributed by atoms with E-state index in [-0.39, 0.29) is 12.1 Å². The van der Waals surface area contributed by atoms with Crippen molar-refractivity contribution in [3.8, 4) is 0 Å². The smallest absolute Gasteiger partial charge is 0.319 e. The van der Waals surface area contributed by atoms with E-state index in [9.17, 15) is 9.90 Å². The Morgan fingerprint density at radius 2 is 2.11 bits per heavy atom. The molecular formula is C13H17ClN2O2. The average molecular weight is 269 g/mol. The van der Waals surface area contributed by atoms with Crippen molar-refractivity contribution >= 4 is 23.3 Å². The van der Waals surface area contributed by atoms with Crippen LogP contribution < -0.4 is 10.6 Å². The molecule has 2 atom stereocenters. The molecule has 2 amide bonds. The summed E-state index contributed by atoms with van der Waals surface area (Å²) in [5.74, 6) is 0. The van der Waals surface area contributed by atoms with Gasteiger partial charge in [0.05, 0.1) is 12.1 Å². The Kier molecular flexibility index (Phi) is 4.44. The number of hydrogen-bond acceptors (Lipinski definition) is 2. The van der Waals surface area contributed by atoms with Crippen LogP contribution in [0, 0.1) is 0 Å². The van der Waals surface area contributed by atoms with Crippen molar-refractivity contribution in [2.24, 2.45) is 0 Å². The molecule has 18 heavy (non-hydrogen) atoms. The molecule has 0 bridgehead atoms. The van der Waals surface area contributed by atoms with Gasteiger partial charge < -0.3 is 15.7 Å². The number of carbonyl (C=O) groups excluding carboxylic acids is 1. The molecule has 1 aliphatic rings. The van der Waals surface area contributed by atoms with Crippen LogP contribution in [0.3, 0.4) is 0 Å². The van der Waals surface area contributed by atoms with Crippen LogP contribution in [0.25, 0.3) is 0 Å². The van der Waals surface area contributed by atoms with Crippen LogP contribution in [0.2, 0.25) is 5.02 Å². The molecule has 1 aromatic rings. The van der Waals surface area contributed by atoms with Crippen LogP contribution in [0.15, 0.2) is 24.3 Å². The summed E-state index contributed by atoms with van der Waals surface area (Å²) in [6, 6.07) is 6.51. The maximum absolute atomic E-state index is 11.8. The second kappa shape index (κ2) is 6.07. The van der Waals surface area contributed by atoms with Crippen LogP contribution in [-0.4, -0.2) is 23.3 Å². The van der Waals surface area contributed by atoms with Gasteiger partial charge in [-0.2, -0.15) is 0 Å². The molecule has 3 N–H and O–H groups in total. The Bertz CT molecular complexity index is 425. The van der Waals surface area contributed by atoms with E-state index in [4.69, 9.17) is 11.6 Å². The van der Waals surface area contributed by atoms with E-state index in [1.807, 2.05) is 0 Å². The van der Waals surface area contributed by atoms with Gasteiger partial charge in [0, 0.05) is 10.7 Å². The number of aliphatic hydroxyl groups is 1. The van der Waals surface area contributed by atoms with Crippen molar-refractivity contribution < 1.29 is 9.90 Å². The van der Waals surface area contributed by atoms with Crippen molar-refractivity contribution in [2.45, 2.75) is 37.8 Å². The molecule has 0 radical (unpaired) electrons. The van der Waals surface area contributed by atoms with Gasteiger partial charge in [-0.1, -0.05) is 30.5 Å². The van der Waals surface area contributed by atoms with Crippen LogP contribution in [-0.2, 0) is 0 Å². The van der Waals surface area contributed by atoms with Crippen molar-refractivity contribution in [1.29, 1.82) is 0 Å². The minimum atomic E-state index is -0.441. The van der Waals surface area contributed by atoms with Gasteiger partial charge in [0.15, 0.2) is 0 Å². The summed E-state index contributed by atoms with van der Waals surface area (Å²) in [5.41, 5.74) is 0.644. The van der Waals surface area contributed by atoms with E-state index >= 15 is 0 Å². The predicted octanol–water partition coefficient (Wildman–Crippen LogP) is 2.77. The highest BCUT2D eigenvalue weighted by Crippen LogP contribution is 2.19. The molecular weight excluding hydrogens is 252 g/mol. The second-order valence-corrected chi connectivity index (χ2v) is 5.00. The first-order valence-electron chi connectivity index (χ1n) is 6.16. The van der Waals surface area contributed by atoms with Crippen molar-refractivity contribution in [2.75, 3.05) is 5.32 Å². The third-order valence-corrected chi connectivity index (χ3v) is 3.36. The number of amides is 2. The molecule has 1 fully saturated rings. The molecule has 0 spiro atoms. The molecule has 0 unspecified atom stereocenters. The molecule has 0 heterocycles.